The van der Waals surface area contributed by atoms with Gasteiger partial charge in [-0.3, -0.25) is 19.0 Å². The maximum atomic E-state index is 12.7. The summed E-state index contributed by atoms with van der Waals surface area (Å²) in [5.74, 6) is -0.672. The lowest BCUT2D eigenvalue weighted by atomic mass is 10.2. The highest BCUT2D eigenvalue weighted by molar-refractivity contribution is 14.1. The van der Waals surface area contributed by atoms with Crippen LogP contribution >= 0.6 is 22.6 Å². The van der Waals surface area contributed by atoms with Crippen molar-refractivity contribution in [2.45, 2.75) is 6.92 Å². The van der Waals surface area contributed by atoms with E-state index >= 15 is 0 Å². The van der Waals surface area contributed by atoms with Crippen molar-refractivity contribution in [1.82, 2.24) is 19.6 Å². The molecule has 0 saturated carbocycles. The second kappa shape index (κ2) is 7.28. The van der Waals surface area contributed by atoms with Crippen molar-refractivity contribution in [3.8, 4) is 0 Å². The lowest BCUT2D eigenvalue weighted by Crippen LogP contribution is -2.20. The molecule has 0 aliphatic carbocycles. The number of amides is 2. The highest BCUT2D eigenvalue weighted by Gasteiger charge is 2.21. The number of carbonyl (C=O) groups excluding carboxylic acids is 2. The molecule has 26 heavy (non-hydrogen) atoms. The Morgan fingerprint density at radius 1 is 0.962 bits per heavy atom. The van der Waals surface area contributed by atoms with Gasteiger partial charge in [0.2, 0.25) is 0 Å². The van der Waals surface area contributed by atoms with Gasteiger partial charge in [-0.2, -0.15) is 10.2 Å². The predicted molar refractivity (Wildman–Crippen MR) is 106 cm³/mol. The largest absolute Gasteiger partial charge is 0.319 e. The lowest BCUT2D eigenvalue weighted by molar-refractivity contribution is 0.101. The molecule has 8 nitrogen and oxygen atoms in total. The van der Waals surface area contributed by atoms with Crippen LogP contribution in [0.15, 0.2) is 36.7 Å². The van der Waals surface area contributed by atoms with E-state index in [1.807, 2.05) is 19.1 Å². The first-order chi connectivity index (χ1) is 12.4. The van der Waals surface area contributed by atoms with Crippen LogP contribution in [0, 0.1) is 10.5 Å². The van der Waals surface area contributed by atoms with Gasteiger partial charge in [-0.1, -0.05) is 12.1 Å². The van der Waals surface area contributed by atoms with E-state index in [1.54, 1.807) is 37.1 Å². The highest BCUT2D eigenvalue weighted by atomic mass is 127. The van der Waals surface area contributed by atoms with E-state index in [0.717, 1.165) is 9.26 Å². The molecule has 134 valence electrons. The number of hydrogen-bond donors (Lipinski definition) is 2. The average molecular weight is 464 g/mol. The molecule has 2 aromatic heterocycles. The Balaban J connectivity index is 1.85. The number of rotatable bonds is 4. The molecule has 3 aromatic rings. The molecule has 0 atom stereocenters. The fourth-order valence-electron chi connectivity index (χ4n) is 2.44. The molecule has 0 aliphatic heterocycles. The van der Waals surface area contributed by atoms with Gasteiger partial charge in [0.1, 0.15) is 5.69 Å². The minimum absolute atomic E-state index is 0.257. The number of hydrogen-bond acceptors (Lipinski definition) is 4. The SMILES string of the molecule is Cc1c(NC(=O)c2c(NC(=O)c3ccccc3I)cnn2C)cnn1C. The number of nitrogens with one attached hydrogen (secondary N) is 2. The van der Waals surface area contributed by atoms with Gasteiger partial charge < -0.3 is 10.6 Å². The second-order valence-electron chi connectivity index (χ2n) is 5.69. The summed E-state index contributed by atoms with van der Waals surface area (Å²) in [5.41, 5.74) is 2.56. The van der Waals surface area contributed by atoms with E-state index in [4.69, 9.17) is 0 Å². The van der Waals surface area contributed by atoms with Gasteiger partial charge in [-0.15, -0.1) is 0 Å². The molecule has 0 aliphatic rings. The zero-order valence-electron chi connectivity index (χ0n) is 14.4. The van der Waals surface area contributed by atoms with Crippen molar-refractivity contribution >= 4 is 45.8 Å². The summed E-state index contributed by atoms with van der Waals surface area (Å²) < 4.78 is 3.91. The van der Waals surface area contributed by atoms with E-state index < -0.39 is 0 Å². The third kappa shape index (κ3) is 3.47. The van der Waals surface area contributed by atoms with Gasteiger partial charge in [0, 0.05) is 17.7 Å². The Bertz CT molecular complexity index is 991. The Morgan fingerprint density at radius 2 is 1.58 bits per heavy atom. The van der Waals surface area contributed by atoms with Gasteiger partial charge in [0.15, 0.2) is 0 Å². The fraction of sp³-hybridized carbons (Fsp3) is 0.176. The summed E-state index contributed by atoms with van der Waals surface area (Å²) in [6.45, 7) is 1.85. The van der Waals surface area contributed by atoms with E-state index in [2.05, 4.69) is 43.4 Å². The van der Waals surface area contributed by atoms with Crippen LogP contribution in [0.25, 0.3) is 0 Å². The first-order valence-electron chi connectivity index (χ1n) is 7.76. The maximum Gasteiger partial charge on any atom is 0.276 e. The molecule has 2 heterocycles. The third-order valence-electron chi connectivity index (χ3n) is 4.00. The number of carbonyl (C=O) groups is 2. The van der Waals surface area contributed by atoms with Crippen molar-refractivity contribution in [2.24, 2.45) is 14.1 Å². The molecular formula is C17H17IN6O2. The van der Waals surface area contributed by atoms with E-state index in [1.165, 1.54) is 10.9 Å². The van der Waals surface area contributed by atoms with E-state index in [9.17, 15) is 9.59 Å². The first-order valence-corrected chi connectivity index (χ1v) is 8.84. The van der Waals surface area contributed by atoms with Crippen LogP contribution in [0.4, 0.5) is 11.4 Å². The van der Waals surface area contributed by atoms with Crippen molar-refractivity contribution < 1.29 is 9.59 Å². The standard InChI is InChI=1S/C17H17IN6O2/c1-10-13(8-19-23(10)2)21-17(26)15-14(9-20-24(15)3)22-16(25)11-6-4-5-7-12(11)18/h4-9H,1-3H3,(H,21,26)(H,22,25). The van der Waals surface area contributed by atoms with Crippen LogP contribution in [0.5, 0.6) is 0 Å². The second-order valence-corrected chi connectivity index (χ2v) is 6.85. The Hall–Kier alpha value is -2.69. The van der Waals surface area contributed by atoms with Crippen LogP contribution in [0.1, 0.15) is 26.5 Å². The maximum absolute atomic E-state index is 12.7. The number of aromatic nitrogens is 4. The normalized spacial score (nSPS) is 10.6. The van der Waals surface area contributed by atoms with Crippen molar-refractivity contribution in [3.63, 3.8) is 0 Å². The van der Waals surface area contributed by atoms with Gasteiger partial charge in [0.25, 0.3) is 11.8 Å². The van der Waals surface area contributed by atoms with Crippen LogP contribution in [-0.4, -0.2) is 31.4 Å². The molecule has 9 heteroatoms. The topological polar surface area (TPSA) is 93.8 Å². The van der Waals surface area contributed by atoms with Gasteiger partial charge >= 0.3 is 0 Å². The number of anilines is 2. The molecule has 2 N–H and O–H groups in total. The third-order valence-corrected chi connectivity index (χ3v) is 4.94. The first kappa shape index (κ1) is 18.1. The molecule has 3 rings (SSSR count). The Labute approximate surface area is 163 Å². The van der Waals surface area contributed by atoms with Crippen molar-refractivity contribution in [1.29, 1.82) is 0 Å². The van der Waals surface area contributed by atoms with Gasteiger partial charge in [0.05, 0.1) is 35.0 Å². The predicted octanol–water partition coefficient (Wildman–Crippen LogP) is 2.57. The molecule has 1 aromatic carbocycles. The van der Waals surface area contributed by atoms with Crippen molar-refractivity contribution in [3.05, 3.63) is 57.2 Å². The quantitative estimate of drug-likeness (QED) is 0.581. The monoisotopic (exact) mass is 464 g/mol. The van der Waals surface area contributed by atoms with Crippen LogP contribution in [-0.2, 0) is 14.1 Å². The van der Waals surface area contributed by atoms with E-state index in [-0.39, 0.29) is 17.5 Å². The average Bonchev–Trinajstić information content (AvgIpc) is 3.12. The molecule has 0 bridgehead atoms. The van der Waals surface area contributed by atoms with E-state index in [0.29, 0.717) is 16.9 Å². The summed E-state index contributed by atoms with van der Waals surface area (Å²) in [5, 5.41) is 13.8. The molecule has 0 fully saturated rings. The van der Waals surface area contributed by atoms with Crippen molar-refractivity contribution in [2.75, 3.05) is 10.6 Å². The number of halogens is 1. The Kier molecular flexibility index (Phi) is 5.07. The number of nitrogens with zero attached hydrogens (tertiary/aromatic N) is 4. The lowest BCUT2D eigenvalue weighted by Gasteiger charge is -2.09. The minimum atomic E-state index is -0.376. The molecule has 0 spiro atoms. The molecular weight excluding hydrogens is 447 g/mol. The number of aryl methyl sites for hydroxylation is 2. The summed E-state index contributed by atoms with van der Waals surface area (Å²) in [6.07, 6.45) is 3.03. The smallest absolute Gasteiger partial charge is 0.276 e. The minimum Gasteiger partial charge on any atom is -0.319 e. The zero-order valence-corrected chi connectivity index (χ0v) is 16.6. The molecule has 0 saturated heterocycles. The molecule has 0 unspecified atom stereocenters. The van der Waals surface area contributed by atoms with Gasteiger partial charge in [-0.05, 0) is 41.6 Å². The fourth-order valence-corrected chi connectivity index (χ4v) is 3.07. The summed E-state index contributed by atoms with van der Waals surface area (Å²) in [6, 6.07) is 7.22. The zero-order chi connectivity index (χ0) is 18.8. The Morgan fingerprint density at radius 3 is 2.23 bits per heavy atom. The summed E-state index contributed by atoms with van der Waals surface area (Å²) in [4.78, 5) is 25.2. The van der Waals surface area contributed by atoms with Crippen LogP contribution in [0.2, 0.25) is 0 Å². The van der Waals surface area contributed by atoms with Gasteiger partial charge in [-0.25, -0.2) is 0 Å². The van der Waals surface area contributed by atoms with Crippen LogP contribution < -0.4 is 10.6 Å². The summed E-state index contributed by atoms with van der Waals surface area (Å²) >= 11 is 2.10. The highest BCUT2D eigenvalue weighted by Crippen LogP contribution is 2.20. The molecule has 2 amide bonds. The number of benzene rings is 1. The van der Waals surface area contributed by atoms with Crippen LogP contribution in [0.3, 0.4) is 0 Å². The summed E-state index contributed by atoms with van der Waals surface area (Å²) in [7, 11) is 3.44. The molecule has 0 radical (unpaired) electrons.